The Morgan fingerprint density at radius 1 is 1.12 bits per heavy atom. The fraction of sp³-hybridized carbons (Fsp3) is 0.214. The van der Waals surface area contributed by atoms with Gasteiger partial charge >= 0.3 is 0 Å². The van der Waals surface area contributed by atoms with Gasteiger partial charge < -0.3 is 4.57 Å². The summed E-state index contributed by atoms with van der Waals surface area (Å²) in [5, 5.41) is 0. The molecule has 0 aliphatic carbocycles. The number of hydrogen-bond donors (Lipinski definition) is 0. The van der Waals surface area contributed by atoms with Gasteiger partial charge in [-0.2, -0.15) is 0 Å². The molecular formula is C14H15NO. The maximum Gasteiger partial charge on any atom is 0.258 e. The molecule has 0 fully saturated rings. The summed E-state index contributed by atoms with van der Waals surface area (Å²) in [6.45, 7) is 2.12. The van der Waals surface area contributed by atoms with Gasteiger partial charge in [0.15, 0.2) is 0 Å². The molecule has 0 saturated carbocycles. The number of pyridine rings is 1. The van der Waals surface area contributed by atoms with Crippen LogP contribution in [0.4, 0.5) is 0 Å². The molecular weight excluding hydrogens is 198 g/mol. The predicted molar refractivity (Wildman–Crippen MR) is 66.5 cm³/mol. The van der Waals surface area contributed by atoms with Crippen LogP contribution < -0.4 is 5.56 Å². The molecule has 0 N–H and O–H groups in total. The van der Waals surface area contributed by atoms with Crippen LogP contribution in [0, 0.1) is 0 Å². The molecule has 2 heteroatoms. The van der Waals surface area contributed by atoms with Crippen molar-refractivity contribution in [1.29, 1.82) is 0 Å². The van der Waals surface area contributed by atoms with Crippen LogP contribution in [-0.2, 0) is 13.5 Å². The first-order valence-corrected chi connectivity index (χ1v) is 5.47. The van der Waals surface area contributed by atoms with Gasteiger partial charge in [-0.25, -0.2) is 0 Å². The second kappa shape index (κ2) is 4.35. The van der Waals surface area contributed by atoms with Crippen molar-refractivity contribution >= 4 is 0 Å². The Balaban J connectivity index is 2.51. The predicted octanol–water partition coefficient (Wildman–Crippen LogP) is 2.61. The van der Waals surface area contributed by atoms with E-state index in [2.05, 4.69) is 19.1 Å². The van der Waals surface area contributed by atoms with E-state index in [4.69, 9.17) is 0 Å². The molecule has 1 aromatic carbocycles. The van der Waals surface area contributed by atoms with Gasteiger partial charge in [0.2, 0.25) is 0 Å². The van der Waals surface area contributed by atoms with Crippen LogP contribution in [0.2, 0.25) is 0 Å². The van der Waals surface area contributed by atoms with Gasteiger partial charge in [0.1, 0.15) is 0 Å². The molecule has 0 aliphatic rings. The molecule has 2 nitrogen and oxygen atoms in total. The third-order valence-corrected chi connectivity index (χ3v) is 2.80. The molecule has 0 radical (unpaired) electrons. The minimum atomic E-state index is 0.0479. The average Bonchev–Trinajstić information content (AvgIpc) is 2.33. The first-order valence-electron chi connectivity index (χ1n) is 5.47. The fourth-order valence-electron chi connectivity index (χ4n) is 1.74. The van der Waals surface area contributed by atoms with E-state index in [0.717, 1.165) is 17.5 Å². The zero-order valence-corrected chi connectivity index (χ0v) is 9.60. The average molecular weight is 213 g/mol. The highest BCUT2D eigenvalue weighted by atomic mass is 16.1. The van der Waals surface area contributed by atoms with Crippen LogP contribution in [0.3, 0.4) is 0 Å². The van der Waals surface area contributed by atoms with Crippen molar-refractivity contribution in [3.05, 3.63) is 58.5 Å². The maximum absolute atomic E-state index is 11.9. The van der Waals surface area contributed by atoms with Crippen molar-refractivity contribution < 1.29 is 0 Å². The fourth-order valence-corrected chi connectivity index (χ4v) is 1.74. The van der Waals surface area contributed by atoms with Gasteiger partial charge in [0.25, 0.3) is 5.56 Å². The molecule has 1 heterocycles. The monoisotopic (exact) mass is 213 g/mol. The minimum absolute atomic E-state index is 0.0479. The lowest BCUT2D eigenvalue weighted by Crippen LogP contribution is -2.17. The second-order valence-corrected chi connectivity index (χ2v) is 3.89. The lowest BCUT2D eigenvalue weighted by atomic mass is 10.0. The molecule has 2 aromatic rings. The van der Waals surface area contributed by atoms with Crippen molar-refractivity contribution in [2.75, 3.05) is 0 Å². The zero-order valence-electron chi connectivity index (χ0n) is 9.60. The minimum Gasteiger partial charge on any atom is -0.318 e. The Bertz CT molecular complexity index is 537. The van der Waals surface area contributed by atoms with Gasteiger partial charge in [-0.1, -0.05) is 31.2 Å². The van der Waals surface area contributed by atoms with Gasteiger partial charge in [0, 0.05) is 18.8 Å². The zero-order chi connectivity index (χ0) is 11.5. The number of nitrogens with zero attached hydrogens (tertiary/aromatic N) is 1. The van der Waals surface area contributed by atoms with Gasteiger partial charge in [-0.3, -0.25) is 4.79 Å². The Morgan fingerprint density at radius 3 is 2.44 bits per heavy atom. The van der Waals surface area contributed by atoms with Crippen LogP contribution in [0.25, 0.3) is 11.1 Å². The summed E-state index contributed by atoms with van der Waals surface area (Å²) in [7, 11) is 1.77. The van der Waals surface area contributed by atoms with Crippen molar-refractivity contribution in [2.45, 2.75) is 13.3 Å². The summed E-state index contributed by atoms with van der Waals surface area (Å²) in [5.74, 6) is 0. The highest BCUT2D eigenvalue weighted by Gasteiger charge is 2.03. The molecule has 0 spiro atoms. The Hall–Kier alpha value is -1.83. The van der Waals surface area contributed by atoms with Crippen LogP contribution in [0.1, 0.15) is 12.5 Å². The highest BCUT2D eigenvalue weighted by molar-refractivity contribution is 5.62. The van der Waals surface area contributed by atoms with E-state index in [1.165, 1.54) is 5.56 Å². The normalized spacial score (nSPS) is 10.4. The lowest BCUT2D eigenvalue weighted by molar-refractivity contribution is 0.863. The summed E-state index contributed by atoms with van der Waals surface area (Å²) in [6.07, 6.45) is 2.79. The van der Waals surface area contributed by atoms with Gasteiger partial charge in [0.05, 0.1) is 0 Å². The summed E-state index contributed by atoms with van der Waals surface area (Å²) in [5.41, 5.74) is 3.08. The largest absolute Gasteiger partial charge is 0.318 e. The Morgan fingerprint density at radius 2 is 1.81 bits per heavy atom. The van der Waals surface area contributed by atoms with E-state index in [1.54, 1.807) is 17.8 Å². The van der Waals surface area contributed by atoms with Crippen LogP contribution in [0.5, 0.6) is 0 Å². The molecule has 16 heavy (non-hydrogen) atoms. The van der Waals surface area contributed by atoms with Crippen LogP contribution >= 0.6 is 0 Å². The van der Waals surface area contributed by atoms with Crippen molar-refractivity contribution in [3.63, 3.8) is 0 Å². The summed E-state index contributed by atoms with van der Waals surface area (Å²) in [6, 6.07) is 11.9. The van der Waals surface area contributed by atoms with Crippen molar-refractivity contribution in [3.8, 4) is 11.1 Å². The van der Waals surface area contributed by atoms with E-state index in [9.17, 15) is 4.79 Å². The van der Waals surface area contributed by atoms with Gasteiger partial charge in [-0.15, -0.1) is 0 Å². The topological polar surface area (TPSA) is 22.0 Å². The third-order valence-electron chi connectivity index (χ3n) is 2.80. The SMILES string of the molecule is CCc1ccc(-c2cccn(C)c2=O)cc1. The quantitative estimate of drug-likeness (QED) is 0.751. The maximum atomic E-state index is 11.9. The molecule has 2 rings (SSSR count). The first-order chi connectivity index (χ1) is 7.72. The standard InChI is InChI=1S/C14H15NO/c1-3-11-6-8-12(9-7-11)13-5-4-10-15(2)14(13)16/h4-10H,3H2,1-2H3. The molecule has 0 aliphatic heterocycles. The van der Waals surface area contributed by atoms with E-state index >= 15 is 0 Å². The lowest BCUT2D eigenvalue weighted by Gasteiger charge is -2.04. The summed E-state index contributed by atoms with van der Waals surface area (Å²) in [4.78, 5) is 11.9. The van der Waals surface area contributed by atoms with E-state index in [1.807, 2.05) is 24.3 Å². The number of aromatic nitrogens is 1. The number of hydrogen-bond acceptors (Lipinski definition) is 1. The molecule has 0 amide bonds. The summed E-state index contributed by atoms with van der Waals surface area (Å²) < 4.78 is 1.60. The number of benzene rings is 1. The number of aryl methyl sites for hydroxylation is 2. The second-order valence-electron chi connectivity index (χ2n) is 3.89. The highest BCUT2D eigenvalue weighted by Crippen LogP contribution is 2.15. The molecule has 82 valence electrons. The Labute approximate surface area is 95.2 Å². The molecule has 0 atom stereocenters. The smallest absolute Gasteiger partial charge is 0.258 e. The van der Waals surface area contributed by atoms with Crippen LogP contribution in [-0.4, -0.2) is 4.57 Å². The van der Waals surface area contributed by atoms with Crippen molar-refractivity contribution in [2.24, 2.45) is 7.05 Å². The third kappa shape index (κ3) is 1.91. The van der Waals surface area contributed by atoms with Crippen molar-refractivity contribution in [1.82, 2.24) is 4.57 Å². The number of rotatable bonds is 2. The van der Waals surface area contributed by atoms with E-state index in [-0.39, 0.29) is 5.56 Å². The molecule has 0 unspecified atom stereocenters. The molecule has 0 saturated heterocycles. The first kappa shape index (κ1) is 10.7. The van der Waals surface area contributed by atoms with Crippen LogP contribution in [0.15, 0.2) is 47.4 Å². The summed E-state index contributed by atoms with van der Waals surface area (Å²) >= 11 is 0. The Kier molecular flexibility index (Phi) is 2.91. The van der Waals surface area contributed by atoms with Gasteiger partial charge in [-0.05, 0) is 29.7 Å². The molecule has 1 aromatic heterocycles. The van der Waals surface area contributed by atoms with E-state index < -0.39 is 0 Å². The molecule has 0 bridgehead atoms. The van der Waals surface area contributed by atoms with E-state index in [0.29, 0.717) is 0 Å².